The molecule has 3 nitrogen and oxygen atoms in total. The Morgan fingerprint density at radius 1 is 1.00 bits per heavy atom. The Labute approximate surface area is 127 Å². The van der Waals surface area contributed by atoms with Gasteiger partial charge in [0.1, 0.15) is 11.5 Å². The van der Waals surface area contributed by atoms with Crippen molar-refractivity contribution in [2.24, 2.45) is 5.73 Å². The summed E-state index contributed by atoms with van der Waals surface area (Å²) in [6.45, 7) is 0. The highest BCUT2D eigenvalue weighted by Crippen LogP contribution is 2.28. The van der Waals surface area contributed by atoms with E-state index in [4.69, 9.17) is 15.2 Å². The van der Waals surface area contributed by atoms with Crippen LogP contribution in [0.3, 0.4) is 0 Å². The number of hydrogen-bond acceptors (Lipinski definition) is 3. The van der Waals surface area contributed by atoms with Gasteiger partial charge in [0.2, 0.25) is 0 Å². The minimum Gasteiger partial charge on any atom is -0.497 e. The molecule has 1 unspecified atom stereocenters. The lowest BCUT2D eigenvalue weighted by molar-refractivity contribution is 0.413. The Bertz CT molecular complexity index is 569. The average molecular weight is 336 g/mol. The van der Waals surface area contributed by atoms with Crippen molar-refractivity contribution in [3.63, 3.8) is 0 Å². The first-order chi connectivity index (χ1) is 9.63. The normalized spacial score (nSPS) is 12.0. The number of benzene rings is 2. The molecule has 0 saturated carbocycles. The topological polar surface area (TPSA) is 44.5 Å². The predicted octanol–water partition coefficient (Wildman–Crippen LogP) is 3.71. The molecule has 0 aromatic heterocycles. The van der Waals surface area contributed by atoms with E-state index in [-0.39, 0.29) is 6.04 Å². The highest BCUT2D eigenvalue weighted by molar-refractivity contribution is 9.10. The van der Waals surface area contributed by atoms with Gasteiger partial charge in [0, 0.05) is 10.5 Å². The summed E-state index contributed by atoms with van der Waals surface area (Å²) in [4.78, 5) is 0. The monoisotopic (exact) mass is 335 g/mol. The highest BCUT2D eigenvalue weighted by atomic mass is 79.9. The Morgan fingerprint density at radius 2 is 1.60 bits per heavy atom. The van der Waals surface area contributed by atoms with E-state index in [0.29, 0.717) is 0 Å². The van der Waals surface area contributed by atoms with E-state index in [1.807, 2.05) is 42.5 Å². The van der Waals surface area contributed by atoms with Crippen molar-refractivity contribution in [2.75, 3.05) is 14.2 Å². The van der Waals surface area contributed by atoms with E-state index in [2.05, 4.69) is 15.9 Å². The third kappa shape index (κ3) is 3.52. The lowest BCUT2D eigenvalue weighted by atomic mass is 9.99. The number of halogens is 1. The Kier molecular flexibility index (Phi) is 5.04. The minimum absolute atomic E-state index is 0.0899. The van der Waals surface area contributed by atoms with Crippen molar-refractivity contribution in [3.05, 3.63) is 58.1 Å². The van der Waals surface area contributed by atoms with E-state index in [1.165, 1.54) is 5.56 Å². The summed E-state index contributed by atoms with van der Waals surface area (Å²) >= 11 is 3.54. The molecule has 4 heteroatoms. The van der Waals surface area contributed by atoms with Crippen LogP contribution in [0.5, 0.6) is 11.5 Å². The Balaban J connectivity index is 2.16. The van der Waals surface area contributed by atoms with Crippen LogP contribution in [0.25, 0.3) is 0 Å². The Hall–Kier alpha value is -1.52. The zero-order valence-electron chi connectivity index (χ0n) is 11.6. The first-order valence-electron chi connectivity index (χ1n) is 6.36. The summed E-state index contributed by atoms with van der Waals surface area (Å²) in [5.41, 5.74) is 8.52. The van der Waals surface area contributed by atoms with Crippen LogP contribution >= 0.6 is 15.9 Å². The second-order valence-corrected chi connectivity index (χ2v) is 5.40. The van der Waals surface area contributed by atoms with Gasteiger partial charge in [-0.15, -0.1) is 0 Å². The molecule has 0 radical (unpaired) electrons. The van der Waals surface area contributed by atoms with Gasteiger partial charge in [-0.05, 0) is 47.9 Å². The van der Waals surface area contributed by atoms with Crippen molar-refractivity contribution in [2.45, 2.75) is 12.5 Å². The molecule has 0 fully saturated rings. The summed E-state index contributed by atoms with van der Waals surface area (Å²) < 4.78 is 11.4. The van der Waals surface area contributed by atoms with Gasteiger partial charge < -0.3 is 15.2 Å². The van der Waals surface area contributed by atoms with E-state index in [9.17, 15) is 0 Å². The van der Waals surface area contributed by atoms with Crippen molar-refractivity contribution in [1.29, 1.82) is 0 Å². The van der Waals surface area contributed by atoms with E-state index in [1.54, 1.807) is 14.2 Å². The predicted molar refractivity (Wildman–Crippen MR) is 84.3 cm³/mol. The smallest absolute Gasteiger partial charge is 0.119 e. The second kappa shape index (κ2) is 6.77. The molecule has 2 N–H and O–H groups in total. The average Bonchev–Trinajstić information content (AvgIpc) is 2.48. The standard InChI is InChI=1S/C16H18BrNO2/c1-19-12-5-3-11(4-6-12)9-16(18)14-10-13(20-2)7-8-15(14)17/h3-8,10,16H,9,18H2,1-2H3. The maximum Gasteiger partial charge on any atom is 0.119 e. The third-order valence-electron chi connectivity index (χ3n) is 3.22. The van der Waals surface area contributed by atoms with Gasteiger partial charge in [0.25, 0.3) is 0 Å². The molecule has 0 amide bonds. The van der Waals surface area contributed by atoms with Crippen LogP contribution < -0.4 is 15.2 Å². The highest BCUT2D eigenvalue weighted by Gasteiger charge is 2.12. The summed E-state index contributed by atoms with van der Waals surface area (Å²) in [5.74, 6) is 1.67. The van der Waals surface area contributed by atoms with Crippen LogP contribution in [-0.4, -0.2) is 14.2 Å². The summed E-state index contributed by atoms with van der Waals surface area (Å²) in [6, 6.07) is 13.7. The summed E-state index contributed by atoms with van der Waals surface area (Å²) in [5, 5.41) is 0. The quantitative estimate of drug-likeness (QED) is 0.905. The molecule has 0 aliphatic rings. The first kappa shape index (κ1) is 14.9. The molecular weight excluding hydrogens is 318 g/mol. The van der Waals surface area contributed by atoms with Crippen LogP contribution in [-0.2, 0) is 6.42 Å². The van der Waals surface area contributed by atoms with E-state index < -0.39 is 0 Å². The van der Waals surface area contributed by atoms with Crippen LogP contribution in [0.2, 0.25) is 0 Å². The minimum atomic E-state index is -0.0899. The van der Waals surface area contributed by atoms with Crippen molar-refractivity contribution in [3.8, 4) is 11.5 Å². The zero-order chi connectivity index (χ0) is 14.5. The molecule has 2 rings (SSSR count). The molecule has 20 heavy (non-hydrogen) atoms. The van der Waals surface area contributed by atoms with Crippen LogP contribution in [0.1, 0.15) is 17.2 Å². The van der Waals surface area contributed by atoms with Crippen molar-refractivity contribution < 1.29 is 9.47 Å². The van der Waals surface area contributed by atoms with E-state index in [0.717, 1.165) is 28.0 Å². The zero-order valence-corrected chi connectivity index (χ0v) is 13.2. The Morgan fingerprint density at radius 3 is 2.20 bits per heavy atom. The van der Waals surface area contributed by atoms with Gasteiger partial charge in [0.15, 0.2) is 0 Å². The van der Waals surface area contributed by atoms with Gasteiger partial charge in [-0.2, -0.15) is 0 Å². The summed E-state index contributed by atoms with van der Waals surface area (Å²) in [6.07, 6.45) is 0.760. The fraction of sp³-hybridized carbons (Fsp3) is 0.250. The van der Waals surface area contributed by atoms with Crippen molar-refractivity contribution in [1.82, 2.24) is 0 Å². The molecular formula is C16H18BrNO2. The summed E-state index contributed by atoms with van der Waals surface area (Å²) in [7, 11) is 3.32. The fourth-order valence-corrected chi connectivity index (χ4v) is 2.60. The second-order valence-electron chi connectivity index (χ2n) is 4.55. The molecule has 0 aliphatic heterocycles. The van der Waals surface area contributed by atoms with Gasteiger partial charge in [-0.25, -0.2) is 0 Å². The number of methoxy groups -OCH3 is 2. The number of nitrogens with two attached hydrogens (primary N) is 1. The molecule has 0 saturated heterocycles. The molecule has 2 aromatic carbocycles. The molecule has 0 spiro atoms. The van der Waals surface area contributed by atoms with E-state index >= 15 is 0 Å². The number of rotatable bonds is 5. The molecule has 0 bridgehead atoms. The molecule has 1 atom stereocenters. The number of hydrogen-bond donors (Lipinski definition) is 1. The van der Waals surface area contributed by atoms with Crippen LogP contribution in [0, 0.1) is 0 Å². The van der Waals surface area contributed by atoms with Crippen LogP contribution in [0.15, 0.2) is 46.9 Å². The van der Waals surface area contributed by atoms with Gasteiger partial charge in [0.05, 0.1) is 14.2 Å². The molecule has 0 heterocycles. The largest absolute Gasteiger partial charge is 0.497 e. The third-order valence-corrected chi connectivity index (χ3v) is 3.94. The lowest BCUT2D eigenvalue weighted by Crippen LogP contribution is -2.14. The van der Waals surface area contributed by atoms with Gasteiger partial charge in [-0.1, -0.05) is 28.1 Å². The van der Waals surface area contributed by atoms with Crippen LogP contribution in [0.4, 0.5) is 0 Å². The van der Waals surface area contributed by atoms with Gasteiger partial charge in [-0.3, -0.25) is 0 Å². The lowest BCUT2D eigenvalue weighted by Gasteiger charge is -2.15. The fourth-order valence-electron chi connectivity index (χ4n) is 2.06. The maximum absolute atomic E-state index is 6.31. The molecule has 2 aromatic rings. The number of ether oxygens (including phenoxy) is 2. The maximum atomic E-state index is 6.31. The van der Waals surface area contributed by atoms with Gasteiger partial charge >= 0.3 is 0 Å². The first-order valence-corrected chi connectivity index (χ1v) is 7.15. The SMILES string of the molecule is COc1ccc(CC(N)c2cc(OC)ccc2Br)cc1. The molecule has 0 aliphatic carbocycles. The molecule has 106 valence electrons. The van der Waals surface area contributed by atoms with Crippen molar-refractivity contribution >= 4 is 15.9 Å².